The Kier molecular flexibility index (Phi) is 5.58. The van der Waals surface area contributed by atoms with E-state index in [1.807, 2.05) is 30.5 Å². The molecule has 1 aliphatic rings. The Balaban J connectivity index is 1.87. The Labute approximate surface area is 158 Å². The molecule has 2 aromatic rings. The van der Waals surface area contributed by atoms with E-state index in [0.717, 1.165) is 29.0 Å². The summed E-state index contributed by atoms with van der Waals surface area (Å²) in [7, 11) is -3.28. The minimum Gasteiger partial charge on any atom is -0.322 e. The lowest BCUT2D eigenvalue weighted by Gasteiger charge is -2.30. The zero-order valence-electron chi connectivity index (χ0n) is 14.9. The van der Waals surface area contributed by atoms with E-state index in [1.54, 1.807) is 25.1 Å². The predicted molar refractivity (Wildman–Crippen MR) is 108 cm³/mol. The topological polar surface area (TPSA) is 66.5 Å². The molecule has 0 unspecified atom stereocenters. The zero-order chi connectivity index (χ0) is 18.7. The van der Waals surface area contributed by atoms with Crippen LogP contribution in [0.25, 0.3) is 0 Å². The summed E-state index contributed by atoms with van der Waals surface area (Å²) in [5.41, 5.74) is 2.98. The van der Waals surface area contributed by atoms with Crippen LogP contribution in [0.3, 0.4) is 0 Å². The van der Waals surface area contributed by atoms with Gasteiger partial charge in [0.25, 0.3) is 5.91 Å². The number of hydrogen-bond donors (Lipinski definition) is 1. The van der Waals surface area contributed by atoms with Gasteiger partial charge in [-0.2, -0.15) is 0 Å². The number of benzene rings is 2. The van der Waals surface area contributed by atoms with Crippen LogP contribution >= 0.6 is 11.8 Å². The Morgan fingerprint density at radius 1 is 1.23 bits per heavy atom. The minimum atomic E-state index is -3.28. The third-order valence-corrected chi connectivity index (χ3v) is 7.04. The average Bonchev–Trinajstić information content (AvgIpc) is 2.67. The van der Waals surface area contributed by atoms with Crippen molar-refractivity contribution in [1.29, 1.82) is 0 Å². The molecule has 0 saturated carbocycles. The molecule has 5 nitrogen and oxygen atoms in total. The molecule has 7 heteroatoms. The summed E-state index contributed by atoms with van der Waals surface area (Å²) in [4.78, 5) is 13.5. The van der Waals surface area contributed by atoms with E-state index in [2.05, 4.69) is 5.32 Å². The molecule has 0 bridgehead atoms. The summed E-state index contributed by atoms with van der Waals surface area (Å²) in [6.07, 6.45) is 3.52. The van der Waals surface area contributed by atoms with Crippen LogP contribution in [0.15, 0.2) is 47.4 Å². The van der Waals surface area contributed by atoms with E-state index in [-0.39, 0.29) is 11.7 Å². The highest BCUT2D eigenvalue weighted by atomic mass is 32.2. The average molecular weight is 391 g/mol. The van der Waals surface area contributed by atoms with Crippen molar-refractivity contribution in [3.63, 3.8) is 0 Å². The van der Waals surface area contributed by atoms with Crippen molar-refractivity contribution in [3.8, 4) is 0 Å². The number of aryl methyl sites for hydroxylation is 1. The van der Waals surface area contributed by atoms with Crippen LogP contribution in [0.1, 0.15) is 29.3 Å². The fourth-order valence-electron chi connectivity index (χ4n) is 3.12. The molecule has 0 aromatic heterocycles. The second-order valence-corrected chi connectivity index (χ2v) is 9.10. The van der Waals surface area contributed by atoms with Crippen molar-refractivity contribution >= 4 is 39.1 Å². The van der Waals surface area contributed by atoms with Gasteiger partial charge in [-0.25, -0.2) is 8.42 Å². The number of thioether (sulfide) groups is 1. The van der Waals surface area contributed by atoms with Gasteiger partial charge < -0.3 is 5.32 Å². The smallest absolute Gasteiger partial charge is 0.256 e. The summed E-state index contributed by atoms with van der Waals surface area (Å²) in [5.74, 6) is -0.0834. The summed E-state index contributed by atoms with van der Waals surface area (Å²) < 4.78 is 26.1. The Bertz CT molecular complexity index is 926. The van der Waals surface area contributed by atoms with Gasteiger partial charge in [0.15, 0.2) is 0 Å². The predicted octanol–water partition coefficient (Wildman–Crippen LogP) is 3.76. The van der Waals surface area contributed by atoms with Crippen molar-refractivity contribution < 1.29 is 13.2 Å². The number of amides is 1. The monoisotopic (exact) mass is 390 g/mol. The fourth-order valence-corrected chi connectivity index (χ4v) is 4.91. The SMILES string of the molecule is CCS(=O)(=O)N1CCCc2cc(NC(=O)c3ccccc3SC)ccc21. The van der Waals surface area contributed by atoms with Gasteiger partial charge in [0.1, 0.15) is 0 Å². The maximum Gasteiger partial charge on any atom is 0.256 e. The van der Waals surface area contributed by atoms with Gasteiger partial charge in [0, 0.05) is 17.1 Å². The van der Waals surface area contributed by atoms with Crippen molar-refractivity contribution in [1.82, 2.24) is 0 Å². The third kappa shape index (κ3) is 3.73. The number of nitrogens with zero attached hydrogens (tertiary/aromatic N) is 1. The first-order chi connectivity index (χ1) is 12.5. The Morgan fingerprint density at radius 3 is 2.73 bits per heavy atom. The van der Waals surface area contributed by atoms with Gasteiger partial charge in [-0.05, 0) is 61.9 Å². The van der Waals surface area contributed by atoms with Crippen LogP contribution in [-0.4, -0.2) is 32.9 Å². The van der Waals surface area contributed by atoms with Gasteiger partial charge in [-0.3, -0.25) is 9.10 Å². The molecule has 2 aromatic carbocycles. The maximum absolute atomic E-state index is 12.6. The van der Waals surface area contributed by atoms with Crippen molar-refractivity contribution in [2.45, 2.75) is 24.7 Å². The highest BCUT2D eigenvalue weighted by molar-refractivity contribution is 7.98. The van der Waals surface area contributed by atoms with Gasteiger partial charge >= 0.3 is 0 Å². The number of sulfonamides is 1. The molecule has 0 radical (unpaired) electrons. The molecule has 1 amide bonds. The van der Waals surface area contributed by atoms with Crippen LogP contribution in [-0.2, 0) is 16.4 Å². The molecule has 138 valence electrons. The molecule has 0 atom stereocenters. The van der Waals surface area contributed by atoms with Crippen LogP contribution in [0.5, 0.6) is 0 Å². The molecular weight excluding hydrogens is 368 g/mol. The van der Waals surface area contributed by atoms with Crippen LogP contribution in [0.4, 0.5) is 11.4 Å². The first-order valence-electron chi connectivity index (χ1n) is 8.54. The van der Waals surface area contributed by atoms with Crippen molar-refractivity contribution in [2.75, 3.05) is 28.2 Å². The molecule has 26 heavy (non-hydrogen) atoms. The van der Waals surface area contributed by atoms with E-state index < -0.39 is 10.0 Å². The quantitative estimate of drug-likeness (QED) is 0.790. The fraction of sp³-hybridized carbons (Fsp3) is 0.316. The van der Waals surface area contributed by atoms with Crippen molar-refractivity contribution in [3.05, 3.63) is 53.6 Å². The normalized spacial score (nSPS) is 14.0. The second kappa shape index (κ2) is 7.72. The number of fused-ring (bicyclic) bond motifs is 1. The highest BCUT2D eigenvalue weighted by Gasteiger charge is 2.26. The Hall–Kier alpha value is -1.99. The second-order valence-electron chi connectivity index (χ2n) is 6.07. The van der Waals surface area contributed by atoms with Gasteiger partial charge in [0.05, 0.1) is 17.0 Å². The molecule has 0 spiro atoms. The van der Waals surface area contributed by atoms with Gasteiger partial charge in [-0.15, -0.1) is 11.8 Å². The number of hydrogen-bond acceptors (Lipinski definition) is 4. The molecule has 1 heterocycles. The lowest BCUT2D eigenvalue weighted by atomic mass is 10.0. The number of nitrogens with one attached hydrogen (secondary N) is 1. The first kappa shape index (κ1) is 18.8. The van der Waals surface area contributed by atoms with Gasteiger partial charge in [-0.1, -0.05) is 12.1 Å². The first-order valence-corrected chi connectivity index (χ1v) is 11.4. The van der Waals surface area contributed by atoms with Crippen LogP contribution in [0.2, 0.25) is 0 Å². The summed E-state index contributed by atoms with van der Waals surface area (Å²) in [6.45, 7) is 2.16. The zero-order valence-corrected chi connectivity index (χ0v) is 16.5. The summed E-state index contributed by atoms with van der Waals surface area (Å²) >= 11 is 1.53. The lowest BCUT2D eigenvalue weighted by molar-refractivity contribution is 0.102. The molecule has 1 N–H and O–H groups in total. The minimum absolute atomic E-state index is 0.0798. The molecule has 1 aliphatic heterocycles. The summed E-state index contributed by atoms with van der Waals surface area (Å²) in [5, 5.41) is 2.93. The Morgan fingerprint density at radius 2 is 2.00 bits per heavy atom. The van der Waals surface area contributed by atoms with E-state index in [0.29, 0.717) is 17.8 Å². The molecule has 3 rings (SSSR count). The lowest BCUT2D eigenvalue weighted by Crippen LogP contribution is -2.36. The molecule has 0 saturated heterocycles. The summed E-state index contributed by atoms with van der Waals surface area (Å²) in [6, 6.07) is 12.9. The van der Waals surface area contributed by atoms with E-state index in [9.17, 15) is 13.2 Å². The van der Waals surface area contributed by atoms with E-state index >= 15 is 0 Å². The van der Waals surface area contributed by atoms with E-state index in [4.69, 9.17) is 0 Å². The maximum atomic E-state index is 12.6. The van der Waals surface area contributed by atoms with Crippen LogP contribution in [0, 0.1) is 0 Å². The molecular formula is C19H22N2O3S2. The molecule has 0 aliphatic carbocycles. The number of carbonyl (C=O) groups excluding carboxylic acids is 1. The highest BCUT2D eigenvalue weighted by Crippen LogP contribution is 2.32. The number of carbonyl (C=O) groups is 1. The molecule has 0 fully saturated rings. The standard InChI is InChI=1S/C19H22N2O3S2/c1-3-26(23,24)21-12-6-7-14-13-15(10-11-17(14)21)20-19(22)16-8-4-5-9-18(16)25-2/h4-5,8-11,13H,3,6-7,12H2,1-2H3,(H,20,22). The van der Waals surface area contributed by atoms with Crippen LogP contribution < -0.4 is 9.62 Å². The number of rotatable bonds is 5. The van der Waals surface area contributed by atoms with Crippen molar-refractivity contribution in [2.24, 2.45) is 0 Å². The number of anilines is 2. The largest absolute Gasteiger partial charge is 0.322 e. The third-order valence-electron chi connectivity index (χ3n) is 4.47. The van der Waals surface area contributed by atoms with E-state index in [1.165, 1.54) is 16.1 Å². The van der Waals surface area contributed by atoms with Gasteiger partial charge in [0.2, 0.25) is 10.0 Å².